The number of likely N-dealkylation sites (N-methyl/N-ethyl adjacent to an activating group) is 1. The second-order valence-electron chi connectivity index (χ2n) is 6.93. The first-order valence-electron chi connectivity index (χ1n) is 8.11. The Balaban J connectivity index is 1.89. The van der Waals surface area contributed by atoms with Crippen molar-refractivity contribution in [3.05, 3.63) is 29.8 Å². The summed E-state index contributed by atoms with van der Waals surface area (Å²) in [5.74, 6) is 0.0900. The van der Waals surface area contributed by atoms with E-state index in [4.69, 9.17) is 0 Å². The molecule has 116 valence electrons. The van der Waals surface area contributed by atoms with Gasteiger partial charge in [-0.2, -0.15) is 0 Å². The first-order chi connectivity index (χ1) is 9.98. The smallest absolute Gasteiger partial charge is 0.224 e. The predicted octanol–water partition coefficient (Wildman–Crippen LogP) is 3.75. The minimum atomic E-state index is 0.0900. The van der Waals surface area contributed by atoms with Crippen molar-refractivity contribution in [2.75, 3.05) is 11.9 Å². The molecule has 1 saturated carbocycles. The van der Waals surface area contributed by atoms with Crippen LogP contribution in [0.25, 0.3) is 0 Å². The molecule has 0 saturated heterocycles. The van der Waals surface area contributed by atoms with Gasteiger partial charge in [0.05, 0.1) is 6.42 Å². The lowest BCUT2D eigenvalue weighted by atomic mass is 9.75. The molecule has 21 heavy (non-hydrogen) atoms. The number of rotatable bonds is 5. The fourth-order valence-corrected chi connectivity index (χ4v) is 3.22. The molecule has 0 aliphatic heterocycles. The maximum absolute atomic E-state index is 11.6. The number of carbonyl (C=O) groups excluding carboxylic acids is 1. The summed E-state index contributed by atoms with van der Waals surface area (Å²) in [6.07, 6.45) is 5.58. The van der Waals surface area contributed by atoms with E-state index in [0.29, 0.717) is 24.4 Å². The van der Waals surface area contributed by atoms with E-state index in [-0.39, 0.29) is 5.91 Å². The summed E-state index contributed by atoms with van der Waals surface area (Å²) >= 11 is 0. The Hall–Kier alpha value is -1.51. The standard InChI is InChI=1S/C18H28N2O/c1-4-19-17(21)12-14-7-9-15(10-8-14)20-16-6-5-11-18(2,3)13-16/h7-10,16,20H,4-6,11-13H2,1-3H3,(H,19,21). The van der Waals surface area contributed by atoms with Gasteiger partial charge in [0.15, 0.2) is 0 Å². The van der Waals surface area contributed by atoms with E-state index in [9.17, 15) is 4.79 Å². The summed E-state index contributed by atoms with van der Waals surface area (Å²) in [6, 6.07) is 8.85. The van der Waals surface area contributed by atoms with Crippen molar-refractivity contribution in [2.24, 2.45) is 5.41 Å². The van der Waals surface area contributed by atoms with Gasteiger partial charge >= 0.3 is 0 Å². The van der Waals surface area contributed by atoms with E-state index in [1.165, 1.54) is 25.7 Å². The molecule has 1 aromatic carbocycles. The Labute approximate surface area is 128 Å². The zero-order chi connectivity index (χ0) is 15.3. The van der Waals surface area contributed by atoms with Crippen molar-refractivity contribution < 1.29 is 4.79 Å². The number of benzene rings is 1. The predicted molar refractivity (Wildman–Crippen MR) is 88.5 cm³/mol. The van der Waals surface area contributed by atoms with E-state index < -0.39 is 0 Å². The number of hydrogen-bond acceptors (Lipinski definition) is 2. The summed E-state index contributed by atoms with van der Waals surface area (Å²) in [7, 11) is 0. The molecular formula is C18H28N2O. The van der Waals surface area contributed by atoms with Crippen molar-refractivity contribution in [2.45, 2.75) is 58.9 Å². The van der Waals surface area contributed by atoms with Crippen LogP contribution in [0, 0.1) is 5.41 Å². The molecule has 1 aromatic rings. The van der Waals surface area contributed by atoms with Crippen molar-refractivity contribution in [3.8, 4) is 0 Å². The van der Waals surface area contributed by atoms with Crippen LogP contribution in [-0.4, -0.2) is 18.5 Å². The topological polar surface area (TPSA) is 41.1 Å². The molecule has 1 unspecified atom stereocenters. The van der Waals surface area contributed by atoms with Gasteiger partial charge in [-0.25, -0.2) is 0 Å². The highest BCUT2D eigenvalue weighted by Crippen LogP contribution is 2.36. The Morgan fingerprint density at radius 2 is 2.00 bits per heavy atom. The number of hydrogen-bond donors (Lipinski definition) is 2. The normalized spacial score (nSPS) is 20.8. The summed E-state index contributed by atoms with van der Waals surface area (Å²) in [4.78, 5) is 11.6. The number of anilines is 1. The van der Waals surface area contributed by atoms with Gasteiger partial charge < -0.3 is 10.6 Å². The molecule has 0 heterocycles. The summed E-state index contributed by atoms with van der Waals surface area (Å²) < 4.78 is 0. The van der Waals surface area contributed by atoms with Crippen LogP contribution in [0.15, 0.2) is 24.3 Å². The van der Waals surface area contributed by atoms with Crippen LogP contribution in [0.1, 0.15) is 52.0 Å². The van der Waals surface area contributed by atoms with Crippen LogP contribution in [0.4, 0.5) is 5.69 Å². The highest BCUT2D eigenvalue weighted by molar-refractivity contribution is 5.78. The molecule has 0 bridgehead atoms. The highest BCUT2D eigenvalue weighted by atomic mass is 16.1. The molecule has 0 spiro atoms. The minimum absolute atomic E-state index is 0.0900. The van der Waals surface area contributed by atoms with Crippen molar-refractivity contribution in [3.63, 3.8) is 0 Å². The molecule has 2 rings (SSSR count). The fourth-order valence-electron chi connectivity index (χ4n) is 3.22. The van der Waals surface area contributed by atoms with Gasteiger partial charge in [-0.3, -0.25) is 4.79 Å². The molecular weight excluding hydrogens is 260 g/mol. The van der Waals surface area contributed by atoms with E-state index >= 15 is 0 Å². The van der Waals surface area contributed by atoms with Gasteiger partial charge in [-0.15, -0.1) is 0 Å². The first kappa shape index (κ1) is 15.9. The van der Waals surface area contributed by atoms with E-state index in [1.807, 2.05) is 19.1 Å². The average Bonchev–Trinajstić information content (AvgIpc) is 2.40. The quantitative estimate of drug-likeness (QED) is 0.866. The molecule has 3 nitrogen and oxygen atoms in total. The first-order valence-corrected chi connectivity index (χ1v) is 8.11. The van der Waals surface area contributed by atoms with Crippen LogP contribution in [0.5, 0.6) is 0 Å². The Bertz CT molecular complexity index is 465. The van der Waals surface area contributed by atoms with Gasteiger partial charge in [0.25, 0.3) is 0 Å². The fraction of sp³-hybridized carbons (Fsp3) is 0.611. The molecule has 1 atom stereocenters. The van der Waals surface area contributed by atoms with Crippen LogP contribution in [0.2, 0.25) is 0 Å². The third kappa shape index (κ3) is 5.07. The summed E-state index contributed by atoms with van der Waals surface area (Å²) in [5, 5.41) is 6.47. The zero-order valence-corrected chi connectivity index (χ0v) is 13.5. The van der Waals surface area contributed by atoms with E-state index in [2.05, 4.69) is 36.6 Å². The average molecular weight is 288 g/mol. The van der Waals surface area contributed by atoms with Gasteiger partial charge in [0, 0.05) is 18.3 Å². The van der Waals surface area contributed by atoms with Gasteiger partial charge in [-0.1, -0.05) is 32.4 Å². The maximum atomic E-state index is 11.6. The molecule has 2 N–H and O–H groups in total. The van der Waals surface area contributed by atoms with Crippen LogP contribution >= 0.6 is 0 Å². The monoisotopic (exact) mass is 288 g/mol. The second kappa shape index (κ2) is 6.97. The lowest BCUT2D eigenvalue weighted by Crippen LogP contribution is -2.31. The summed E-state index contributed by atoms with van der Waals surface area (Å²) in [6.45, 7) is 7.35. The van der Waals surface area contributed by atoms with Crippen molar-refractivity contribution in [1.29, 1.82) is 0 Å². The third-order valence-electron chi connectivity index (χ3n) is 4.27. The number of nitrogens with one attached hydrogen (secondary N) is 2. The van der Waals surface area contributed by atoms with Gasteiger partial charge in [-0.05, 0) is 49.3 Å². The molecule has 1 aliphatic rings. The molecule has 0 radical (unpaired) electrons. The molecule has 1 amide bonds. The van der Waals surface area contributed by atoms with Crippen molar-refractivity contribution in [1.82, 2.24) is 5.32 Å². The van der Waals surface area contributed by atoms with Gasteiger partial charge in [0.1, 0.15) is 0 Å². The van der Waals surface area contributed by atoms with Gasteiger partial charge in [0.2, 0.25) is 5.91 Å². The molecule has 1 aliphatic carbocycles. The van der Waals surface area contributed by atoms with E-state index in [0.717, 1.165) is 11.3 Å². The van der Waals surface area contributed by atoms with Crippen LogP contribution in [0.3, 0.4) is 0 Å². The lowest BCUT2D eigenvalue weighted by molar-refractivity contribution is -0.120. The third-order valence-corrected chi connectivity index (χ3v) is 4.27. The molecule has 3 heteroatoms. The molecule has 1 fully saturated rings. The van der Waals surface area contributed by atoms with Crippen LogP contribution < -0.4 is 10.6 Å². The summed E-state index contributed by atoms with van der Waals surface area (Å²) in [5.41, 5.74) is 2.68. The largest absolute Gasteiger partial charge is 0.382 e. The second-order valence-corrected chi connectivity index (χ2v) is 6.93. The lowest BCUT2D eigenvalue weighted by Gasteiger charge is -2.36. The Kier molecular flexibility index (Phi) is 5.27. The Morgan fingerprint density at radius 3 is 2.62 bits per heavy atom. The minimum Gasteiger partial charge on any atom is -0.382 e. The number of carbonyl (C=O) groups is 1. The SMILES string of the molecule is CCNC(=O)Cc1ccc(NC2CCCC(C)(C)C2)cc1. The van der Waals surface area contributed by atoms with Crippen LogP contribution in [-0.2, 0) is 11.2 Å². The molecule has 0 aromatic heterocycles. The zero-order valence-electron chi connectivity index (χ0n) is 13.5. The number of amides is 1. The maximum Gasteiger partial charge on any atom is 0.224 e. The Morgan fingerprint density at radius 1 is 1.29 bits per heavy atom. The van der Waals surface area contributed by atoms with Crippen molar-refractivity contribution >= 4 is 11.6 Å². The van der Waals surface area contributed by atoms with E-state index in [1.54, 1.807) is 0 Å². The highest BCUT2D eigenvalue weighted by Gasteiger charge is 2.27.